The molecule has 0 aromatic heterocycles. The van der Waals surface area contributed by atoms with E-state index >= 15 is 0 Å². The van der Waals surface area contributed by atoms with Crippen molar-refractivity contribution in [3.8, 4) is 5.75 Å². The fraction of sp³-hybridized carbons (Fsp3) is 0.562. The molecule has 1 aliphatic heterocycles. The molecule has 1 aliphatic rings. The summed E-state index contributed by atoms with van der Waals surface area (Å²) in [6.45, 7) is 6.49. The molecule has 110 valence electrons. The van der Waals surface area contributed by atoms with Crippen molar-refractivity contribution in [1.82, 2.24) is 5.32 Å². The van der Waals surface area contributed by atoms with E-state index in [1.54, 1.807) is 0 Å². The number of para-hydroxylation sites is 1. The molecule has 0 spiro atoms. The Morgan fingerprint density at radius 1 is 1.30 bits per heavy atom. The van der Waals surface area contributed by atoms with Gasteiger partial charge in [0.1, 0.15) is 12.4 Å². The normalized spacial score (nSPS) is 15.9. The predicted octanol–water partition coefficient (Wildman–Crippen LogP) is 2.23. The second-order valence-electron chi connectivity index (χ2n) is 5.25. The molecule has 1 amide bonds. The topological polar surface area (TPSA) is 47.6 Å². The molecule has 0 bridgehead atoms. The van der Waals surface area contributed by atoms with E-state index in [9.17, 15) is 4.79 Å². The molecule has 1 aromatic rings. The average Bonchev–Trinajstić information content (AvgIpc) is 2.46. The van der Waals surface area contributed by atoms with Crippen LogP contribution in [0.3, 0.4) is 0 Å². The number of hydrogen-bond acceptors (Lipinski definition) is 3. The second kappa shape index (κ2) is 7.29. The van der Waals surface area contributed by atoms with Gasteiger partial charge in [0.2, 0.25) is 5.91 Å². The van der Waals surface area contributed by atoms with E-state index in [0.29, 0.717) is 26.4 Å². The first-order chi connectivity index (χ1) is 9.68. The smallest absolute Gasteiger partial charge is 0.223 e. The van der Waals surface area contributed by atoms with Gasteiger partial charge in [0.05, 0.1) is 6.54 Å². The van der Waals surface area contributed by atoms with Gasteiger partial charge in [-0.25, -0.2) is 0 Å². The first kappa shape index (κ1) is 14.9. The largest absolute Gasteiger partial charge is 0.491 e. The number of carbonyl (C=O) groups excluding carboxylic acids is 1. The van der Waals surface area contributed by atoms with E-state index in [0.717, 1.165) is 29.7 Å². The molecular formula is C16H23NO3. The number of hydrogen-bond donors (Lipinski definition) is 1. The molecule has 20 heavy (non-hydrogen) atoms. The van der Waals surface area contributed by atoms with Gasteiger partial charge in [-0.1, -0.05) is 18.2 Å². The molecule has 4 nitrogen and oxygen atoms in total. The van der Waals surface area contributed by atoms with Gasteiger partial charge in [0, 0.05) is 19.1 Å². The maximum Gasteiger partial charge on any atom is 0.223 e. The van der Waals surface area contributed by atoms with Gasteiger partial charge in [0.15, 0.2) is 0 Å². The van der Waals surface area contributed by atoms with Crippen LogP contribution < -0.4 is 10.1 Å². The minimum Gasteiger partial charge on any atom is -0.491 e. The number of rotatable bonds is 5. The Balaban J connectivity index is 1.72. The van der Waals surface area contributed by atoms with Crippen molar-refractivity contribution in [3.63, 3.8) is 0 Å². The first-order valence-corrected chi connectivity index (χ1v) is 7.23. The molecule has 1 aromatic carbocycles. The molecule has 1 fully saturated rings. The molecule has 1 N–H and O–H groups in total. The van der Waals surface area contributed by atoms with Gasteiger partial charge in [-0.05, 0) is 37.8 Å². The molecule has 1 saturated heterocycles. The van der Waals surface area contributed by atoms with Crippen molar-refractivity contribution in [1.29, 1.82) is 0 Å². The standard InChI is InChI=1S/C16H23NO3/c1-12-4-3-5-13(2)15(12)20-11-8-17-16(18)14-6-9-19-10-7-14/h3-5,14H,6-11H2,1-2H3,(H,17,18). The number of benzene rings is 1. The van der Waals surface area contributed by atoms with Crippen LogP contribution in [-0.2, 0) is 9.53 Å². The zero-order valence-electron chi connectivity index (χ0n) is 12.3. The third-order valence-corrected chi connectivity index (χ3v) is 3.65. The third kappa shape index (κ3) is 3.97. The minimum absolute atomic E-state index is 0.101. The molecule has 0 aliphatic carbocycles. The van der Waals surface area contributed by atoms with Gasteiger partial charge < -0.3 is 14.8 Å². The number of nitrogens with one attached hydrogen (secondary N) is 1. The monoisotopic (exact) mass is 277 g/mol. The van der Waals surface area contributed by atoms with E-state index in [2.05, 4.69) is 5.32 Å². The van der Waals surface area contributed by atoms with Crippen LogP contribution in [0.15, 0.2) is 18.2 Å². The Labute approximate surface area is 120 Å². The summed E-state index contributed by atoms with van der Waals surface area (Å²) in [5, 5.41) is 2.94. The number of aryl methyl sites for hydroxylation is 2. The van der Waals surface area contributed by atoms with E-state index in [-0.39, 0.29) is 11.8 Å². The fourth-order valence-corrected chi connectivity index (χ4v) is 2.46. The lowest BCUT2D eigenvalue weighted by Crippen LogP contribution is -2.36. The summed E-state index contributed by atoms with van der Waals surface area (Å²) in [6, 6.07) is 6.08. The van der Waals surface area contributed by atoms with Crippen LogP contribution in [0.4, 0.5) is 0 Å². The molecule has 4 heteroatoms. The summed E-state index contributed by atoms with van der Waals surface area (Å²) in [4.78, 5) is 11.9. The van der Waals surface area contributed by atoms with Crippen molar-refractivity contribution in [2.75, 3.05) is 26.4 Å². The molecule has 0 saturated carbocycles. The summed E-state index contributed by atoms with van der Waals surface area (Å²) >= 11 is 0. The lowest BCUT2D eigenvalue weighted by molar-refractivity contribution is -0.127. The molecular weight excluding hydrogens is 254 g/mol. The van der Waals surface area contributed by atoms with E-state index in [1.807, 2.05) is 32.0 Å². The van der Waals surface area contributed by atoms with Crippen molar-refractivity contribution >= 4 is 5.91 Å². The Morgan fingerprint density at radius 2 is 1.95 bits per heavy atom. The molecule has 0 atom stereocenters. The Kier molecular flexibility index (Phi) is 5.41. The average molecular weight is 277 g/mol. The van der Waals surface area contributed by atoms with Gasteiger partial charge in [-0.3, -0.25) is 4.79 Å². The van der Waals surface area contributed by atoms with Crippen LogP contribution in [0.1, 0.15) is 24.0 Å². The Morgan fingerprint density at radius 3 is 2.60 bits per heavy atom. The van der Waals surface area contributed by atoms with Crippen LogP contribution in [0.2, 0.25) is 0 Å². The fourth-order valence-electron chi connectivity index (χ4n) is 2.46. The van der Waals surface area contributed by atoms with Crippen molar-refractivity contribution in [2.24, 2.45) is 5.92 Å². The molecule has 2 rings (SSSR count). The summed E-state index contributed by atoms with van der Waals surface area (Å²) in [5.74, 6) is 1.15. The summed E-state index contributed by atoms with van der Waals surface area (Å²) in [7, 11) is 0. The highest BCUT2D eigenvalue weighted by atomic mass is 16.5. The Bertz CT molecular complexity index is 433. The lowest BCUT2D eigenvalue weighted by atomic mass is 9.99. The zero-order valence-corrected chi connectivity index (χ0v) is 12.3. The van der Waals surface area contributed by atoms with Gasteiger partial charge in [-0.2, -0.15) is 0 Å². The molecule has 1 heterocycles. The summed E-state index contributed by atoms with van der Waals surface area (Å²) in [6.07, 6.45) is 1.65. The van der Waals surface area contributed by atoms with Crippen LogP contribution in [-0.4, -0.2) is 32.3 Å². The predicted molar refractivity (Wildman–Crippen MR) is 78.0 cm³/mol. The molecule has 0 unspecified atom stereocenters. The number of ether oxygens (including phenoxy) is 2. The van der Waals surface area contributed by atoms with E-state index in [4.69, 9.17) is 9.47 Å². The lowest BCUT2D eigenvalue weighted by Gasteiger charge is -2.21. The van der Waals surface area contributed by atoms with Crippen molar-refractivity contribution < 1.29 is 14.3 Å². The van der Waals surface area contributed by atoms with Crippen LogP contribution in [0.5, 0.6) is 5.75 Å². The highest BCUT2D eigenvalue weighted by Crippen LogP contribution is 2.22. The van der Waals surface area contributed by atoms with Gasteiger partial charge in [-0.15, -0.1) is 0 Å². The summed E-state index contributed by atoms with van der Waals surface area (Å²) in [5.41, 5.74) is 2.25. The van der Waals surface area contributed by atoms with Crippen LogP contribution >= 0.6 is 0 Å². The van der Waals surface area contributed by atoms with Crippen molar-refractivity contribution in [3.05, 3.63) is 29.3 Å². The zero-order chi connectivity index (χ0) is 14.4. The van der Waals surface area contributed by atoms with Crippen LogP contribution in [0.25, 0.3) is 0 Å². The quantitative estimate of drug-likeness (QED) is 0.840. The highest BCUT2D eigenvalue weighted by Gasteiger charge is 2.20. The maximum atomic E-state index is 11.9. The molecule has 0 radical (unpaired) electrons. The first-order valence-electron chi connectivity index (χ1n) is 7.23. The SMILES string of the molecule is Cc1cccc(C)c1OCCNC(=O)C1CCOCC1. The number of carbonyl (C=O) groups is 1. The van der Waals surface area contributed by atoms with E-state index < -0.39 is 0 Å². The van der Waals surface area contributed by atoms with Crippen molar-refractivity contribution in [2.45, 2.75) is 26.7 Å². The number of amides is 1. The highest BCUT2D eigenvalue weighted by molar-refractivity contribution is 5.78. The second-order valence-corrected chi connectivity index (χ2v) is 5.25. The summed E-state index contributed by atoms with van der Waals surface area (Å²) < 4.78 is 11.0. The Hall–Kier alpha value is -1.55. The van der Waals surface area contributed by atoms with Crippen LogP contribution in [0, 0.1) is 19.8 Å². The maximum absolute atomic E-state index is 11.9. The van der Waals surface area contributed by atoms with E-state index in [1.165, 1.54) is 0 Å². The minimum atomic E-state index is 0.101. The third-order valence-electron chi connectivity index (χ3n) is 3.65. The van der Waals surface area contributed by atoms with Gasteiger partial charge in [0.25, 0.3) is 0 Å². The van der Waals surface area contributed by atoms with Gasteiger partial charge >= 0.3 is 0 Å².